The van der Waals surface area contributed by atoms with Gasteiger partial charge >= 0.3 is 0 Å². The van der Waals surface area contributed by atoms with E-state index in [4.69, 9.17) is 4.98 Å². The van der Waals surface area contributed by atoms with Crippen molar-refractivity contribution in [2.45, 2.75) is 32.6 Å². The van der Waals surface area contributed by atoms with Crippen LogP contribution in [0.1, 0.15) is 36.9 Å². The van der Waals surface area contributed by atoms with Crippen molar-refractivity contribution in [3.8, 4) is 11.6 Å². The van der Waals surface area contributed by atoms with Gasteiger partial charge in [-0.25, -0.2) is 19.9 Å². The van der Waals surface area contributed by atoms with E-state index < -0.39 is 0 Å². The fourth-order valence-corrected chi connectivity index (χ4v) is 2.86. The lowest BCUT2D eigenvalue weighted by Gasteiger charge is -2.11. The Morgan fingerprint density at radius 3 is 2.50 bits per heavy atom. The molecule has 104 valence electrons. The van der Waals surface area contributed by atoms with Gasteiger partial charge in [0.15, 0.2) is 11.6 Å². The fraction of sp³-hybridized carbons (Fsp3) is 0.429. The minimum Gasteiger partial charge on any atom is -0.369 e. The van der Waals surface area contributed by atoms with Gasteiger partial charge in [-0.3, -0.25) is 0 Å². The van der Waals surface area contributed by atoms with E-state index in [-0.39, 0.29) is 0 Å². The van der Waals surface area contributed by atoms with E-state index in [9.17, 15) is 0 Å². The van der Waals surface area contributed by atoms with Crippen molar-refractivity contribution in [1.29, 1.82) is 0 Å². The zero-order valence-corrected chi connectivity index (χ0v) is 13.7. The van der Waals surface area contributed by atoms with Crippen molar-refractivity contribution < 1.29 is 0 Å². The summed E-state index contributed by atoms with van der Waals surface area (Å²) < 4.78 is 1.13. The molecule has 1 aliphatic carbocycles. The summed E-state index contributed by atoms with van der Waals surface area (Å²) in [6.07, 6.45) is 6.03. The Bertz CT molecular complexity index is 622. The lowest BCUT2D eigenvalue weighted by atomic mass is 10.2. The van der Waals surface area contributed by atoms with E-state index in [1.807, 2.05) is 6.92 Å². The summed E-state index contributed by atoms with van der Waals surface area (Å²) in [5.41, 5.74) is 2.17. The number of rotatable bonds is 4. The number of halogens is 1. The topological polar surface area (TPSA) is 63.6 Å². The molecule has 0 radical (unpaired) electrons. The molecule has 0 saturated heterocycles. The molecule has 5 nitrogen and oxygen atoms in total. The van der Waals surface area contributed by atoms with Gasteiger partial charge in [0.1, 0.15) is 5.82 Å². The Balaban J connectivity index is 2.07. The van der Waals surface area contributed by atoms with Crippen LogP contribution >= 0.6 is 22.6 Å². The fourth-order valence-electron chi connectivity index (χ4n) is 1.98. The second-order valence-electron chi connectivity index (χ2n) is 4.98. The van der Waals surface area contributed by atoms with Crippen LogP contribution in [0.5, 0.6) is 0 Å². The molecule has 2 aromatic heterocycles. The molecule has 0 unspecified atom stereocenters. The molecule has 1 aliphatic rings. The van der Waals surface area contributed by atoms with Crippen molar-refractivity contribution in [1.82, 2.24) is 19.9 Å². The standard InChI is InChI=1S/C14H16IN5/c1-3-16-12-10(15)11(9-4-5-9)19-14(20-12)13-17-6-8(2)7-18-13/h6-7,9H,3-5H2,1-2H3,(H,16,19,20). The third kappa shape index (κ3) is 2.74. The quantitative estimate of drug-likeness (QED) is 0.825. The Labute approximate surface area is 131 Å². The largest absolute Gasteiger partial charge is 0.369 e. The number of hydrogen-bond donors (Lipinski definition) is 1. The van der Waals surface area contributed by atoms with Gasteiger partial charge in [0.25, 0.3) is 0 Å². The lowest BCUT2D eigenvalue weighted by molar-refractivity contribution is 0.954. The van der Waals surface area contributed by atoms with E-state index in [1.54, 1.807) is 12.4 Å². The normalized spacial score (nSPS) is 14.3. The monoisotopic (exact) mass is 381 g/mol. The predicted molar refractivity (Wildman–Crippen MR) is 86.7 cm³/mol. The molecule has 1 fully saturated rings. The van der Waals surface area contributed by atoms with Crippen molar-refractivity contribution in [2.75, 3.05) is 11.9 Å². The highest BCUT2D eigenvalue weighted by atomic mass is 127. The van der Waals surface area contributed by atoms with Gasteiger partial charge in [-0.1, -0.05) is 0 Å². The van der Waals surface area contributed by atoms with Crippen LogP contribution < -0.4 is 5.32 Å². The maximum absolute atomic E-state index is 4.69. The number of anilines is 1. The zero-order chi connectivity index (χ0) is 14.1. The lowest BCUT2D eigenvalue weighted by Crippen LogP contribution is -2.08. The van der Waals surface area contributed by atoms with Crippen molar-refractivity contribution >= 4 is 28.4 Å². The van der Waals surface area contributed by atoms with E-state index in [1.165, 1.54) is 12.8 Å². The maximum atomic E-state index is 4.69. The third-order valence-electron chi connectivity index (χ3n) is 3.17. The van der Waals surface area contributed by atoms with Gasteiger partial charge in [-0.05, 0) is 54.8 Å². The van der Waals surface area contributed by atoms with Gasteiger partial charge in [0.05, 0.1) is 9.26 Å². The van der Waals surface area contributed by atoms with Crippen LogP contribution in [0, 0.1) is 10.5 Å². The molecule has 0 aliphatic heterocycles. The summed E-state index contributed by atoms with van der Waals surface area (Å²) in [4.78, 5) is 17.9. The molecular weight excluding hydrogens is 365 g/mol. The second-order valence-corrected chi connectivity index (χ2v) is 6.06. The van der Waals surface area contributed by atoms with Crippen LogP contribution in [0.15, 0.2) is 12.4 Å². The molecule has 0 atom stereocenters. The van der Waals surface area contributed by atoms with E-state index in [0.29, 0.717) is 17.6 Å². The number of hydrogen-bond acceptors (Lipinski definition) is 5. The molecule has 0 spiro atoms. The zero-order valence-electron chi connectivity index (χ0n) is 11.5. The molecule has 0 amide bonds. The molecule has 3 rings (SSSR count). The van der Waals surface area contributed by atoms with Crippen LogP contribution in [0.25, 0.3) is 11.6 Å². The van der Waals surface area contributed by atoms with Gasteiger partial charge in [0.2, 0.25) is 0 Å². The highest BCUT2D eigenvalue weighted by Crippen LogP contribution is 2.42. The molecule has 2 heterocycles. The van der Waals surface area contributed by atoms with E-state index >= 15 is 0 Å². The molecule has 1 saturated carbocycles. The third-order valence-corrected chi connectivity index (χ3v) is 4.23. The predicted octanol–water partition coefficient (Wildman–Crippen LogP) is 3.16. The minimum absolute atomic E-state index is 0.575. The van der Waals surface area contributed by atoms with Gasteiger partial charge in [-0.15, -0.1) is 0 Å². The molecular formula is C14H16IN5. The number of aryl methyl sites for hydroxylation is 1. The number of nitrogens with one attached hydrogen (secondary N) is 1. The summed E-state index contributed by atoms with van der Waals surface area (Å²) in [6.45, 7) is 4.88. The average Bonchev–Trinajstić information content (AvgIpc) is 3.27. The Morgan fingerprint density at radius 1 is 1.20 bits per heavy atom. The van der Waals surface area contributed by atoms with Crippen molar-refractivity contribution in [3.63, 3.8) is 0 Å². The van der Waals surface area contributed by atoms with Crippen LogP contribution in [0.4, 0.5) is 5.82 Å². The average molecular weight is 381 g/mol. The molecule has 2 aromatic rings. The second kappa shape index (κ2) is 5.59. The van der Waals surface area contributed by atoms with Gasteiger partial charge in [-0.2, -0.15) is 0 Å². The summed E-state index contributed by atoms with van der Waals surface area (Å²) in [6, 6.07) is 0. The molecule has 0 aromatic carbocycles. The first-order valence-electron chi connectivity index (χ1n) is 6.79. The van der Waals surface area contributed by atoms with Crippen LogP contribution in [0.3, 0.4) is 0 Å². The SMILES string of the molecule is CCNc1nc(-c2ncc(C)cn2)nc(C2CC2)c1I. The molecule has 6 heteroatoms. The van der Waals surface area contributed by atoms with Crippen molar-refractivity contribution in [2.24, 2.45) is 0 Å². The minimum atomic E-state index is 0.575. The molecule has 1 N–H and O–H groups in total. The first kappa shape index (κ1) is 13.7. The highest BCUT2D eigenvalue weighted by Gasteiger charge is 2.29. The summed E-state index contributed by atoms with van der Waals surface area (Å²) >= 11 is 2.33. The number of aromatic nitrogens is 4. The van der Waals surface area contributed by atoms with Gasteiger partial charge in [0, 0.05) is 24.9 Å². The Morgan fingerprint density at radius 2 is 1.90 bits per heavy atom. The highest BCUT2D eigenvalue weighted by molar-refractivity contribution is 14.1. The van der Waals surface area contributed by atoms with Crippen molar-refractivity contribution in [3.05, 3.63) is 27.2 Å². The van der Waals surface area contributed by atoms with Crippen LogP contribution in [0.2, 0.25) is 0 Å². The van der Waals surface area contributed by atoms with Crippen LogP contribution in [-0.4, -0.2) is 26.5 Å². The van der Waals surface area contributed by atoms with E-state index in [0.717, 1.165) is 27.2 Å². The van der Waals surface area contributed by atoms with E-state index in [2.05, 4.69) is 49.8 Å². The van der Waals surface area contributed by atoms with Crippen LogP contribution in [-0.2, 0) is 0 Å². The first-order chi connectivity index (χ1) is 9.69. The molecule has 20 heavy (non-hydrogen) atoms. The summed E-state index contributed by atoms with van der Waals surface area (Å²) in [5.74, 6) is 2.67. The maximum Gasteiger partial charge on any atom is 0.200 e. The molecule has 0 bridgehead atoms. The summed E-state index contributed by atoms with van der Waals surface area (Å²) in [5, 5.41) is 3.31. The number of nitrogens with zero attached hydrogens (tertiary/aromatic N) is 4. The first-order valence-corrected chi connectivity index (χ1v) is 7.87. The summed E-state index contributed by atoms with van der Waals surface area (Å²) in [7, 11) is 0. The van der Waals surface area contributed by atoms with Gasteiger partial charge < -0.3 is 5.32 Å². The Hall–Kier alpha value is -1.31. The smallest absolute Gasteiger partial charge is 0.200 e. The Kier molecular flexibility index (Phi) is 3.82.